The Hall–Kier alpha value is -1.27. The van der Waals surface area contributed by atoms with E-state index in [-0.39, 0.29) is 20.5 Å². The molecule has 7 heteroatoms. The second-order valence-corrected chi connectivity index (χ2v) is 7.49. The summed E-state index contributed by atoms with van der Waals surface area (Å²) in [5.41, 5.74) is 1.15. The first-order chi connectivity index (χ1) is 9.84. The first-order valence-corrected chi connectivity index (χ1v) is 8.28. The molecule has 0 amide bonds. The first kappa shape index (κ1) is 14.7. The smallest absolute Gasteiger partial charge is 0.264 e. The number of benzene rings is 2. The molecule has 110 valence electrons. The van der Waals surface area contributed by atoms with E-state index in [9.17, 15) is 13.5 Å². The van der Waals surface area contributed by atoms with Crippen molar-refractivity contribution in [3.63, 3.8) is 0 Å². The van der Waals surface area contributed by atoms with Gasteiger partial charge in [-0.05, 0) is 18.2 Å². The highest BCUT2D eigenvalue weighted by Gasteiger charge is 2.34. The second kappa shape index (κ2) is 4.88. The largest absolute Gasteiger partial charge is 0.384 e. The van der Waals surface area contributed by atoms with Gasteiger partial charge in [-0.25, -0.2) is 8.42 Å². The summed E-state index contributed by atoms with van der Waals surface area (Å²) >= 11 is 11.9. The lowest BCUT2D eigenvalue weighted by Gasteiger charge is -2.19. The minimum Gasteiger partial charge on any atom is -0.384 e. The molecule has 1 aliphatic heterocycles. The minimum absolute atomic E-state index is 0.0388. The van der Waals surface area contributed by atoms with Crippen LogP contribution in [0, 0.1) is 0 Å². The van der Waals surface area contributed by atoms with Gasteiger partial charge in [-0.2, -0.15) is 0 Å². The summed E-state index contributed by atoms with van der Waals surface area (Å²) in [4.78, 5) is -0.0388. The Labute approximate surface area is 132 Å². The van der Waals surface area contributed by atoms with Crippen LogP contribution >= 0.6 is 23.2 Å². The molecule has 0 aromatic heterocycles. The Balaban J connectivity index is 2.42. The molecule has 1 atom stereocenters. The van der Waals surface area contributed by atoms with Crippen molar-refractivity contribution in [2.75, 3.05) is 11.4 Å². The molecule has 2 aromatic rings. The van der Waals surface area contributed by atoms with Crippen molar-refractivity contribution >= 4 is 38.9 Å². The highest BCUT2D eigenvalue weighted by Crippen LogP contribution is 2.42. The Bertz CT molecular complexity index is 836. The van der Waals surface area contributed by atoms with Crippen LogP contribution in [0.1, 0.15) is 17.2 Å². The van der Waals surface area contributed by atoms with Crippen LogP contribution in [0.4, 0.5) is 5.69 Å². The van der Waals surface area contributed by atoms with Crippen LogP contribution in [-0.4, -0.2) is 20.6 Å². The summed E-state index contributed by atoms with van der Waals surface area (Å²) in [6, 6.07) is 9.46. The fraction of sp³-hybridized carbons (Fsp3) is 0.143. The average molecular weight is 344 g/mol. The number of rotatable bonds is 0. The number of aliphatic hydroxyl groups is 1. The van der Waals surface area contributed by atoms with Gasteiger partial charge in [0.25, 0.3) is 10.0 Å². The zero-order valence-corrected chi connectivity index (χ0v) is 13.2. The van der Waals surface area contributed by atoms with Gasteiger partial charge in [-0.1, -0.05) is 41.4 Å². The Morgan fingerprint density at radius 2 is 1.71 bits per heavy atom. The van der Waals surface area contributed by atoms with Gasteiger partial charge in [0.1, 0.15) is 6.10 Å². The quantitative estimate of drug-likeness (QED) is 0.798. The standard InChI is InChI=1S/C14H11Cl2NO3S/c1-17-12-5-3-2-4-8(12)14(18)9-6-10(15)11(16)7-13(9)21(17,19)20/h2-7,14,18H,1H3. The van der Waals surface area contributed by atoms with E-state index in [1.54, 1.807) is 24.3 Å². The molecular formula is C14H11Cl2NO3S. The minimum atomic E-state index is -3.81. The molecule has 0 saturated carbocycles. The molecule has 1 N–H and O–H groups in total. The summed E-state index contributed by atoms with van der Waals surface area (Å²) in [6.07, 6.45) is -1.09. The van der Waals surface area contributed by atoms with Gasteiger partial charge in [0.15, 0.2) is 0 Å². The maximum Gasteiger partial charge on any atom is 0.264 e. The topological polar surface area (TPSA) is 57.6 Å². The van der Waals surface area contributed by atoms with E-state index in [0.29, 0.717) is 11.3 Å². The van der Waals surface area contributed by atoms with Crippen LogP contribution < -0.4 is 4.31 Å². The zero-order valence-electron chi connectivity index (χ0n) is 10.9. The summed E-state index contributed by atoms with van der Waals surface area (Å²) in [5, 5.41) is 10.9. The van der Waals surface area contributed by atoms with E-state index in [4.69, 9.17) is 23.2 Å². The summed E-state index contributed by atoms with van der Waals surface area (Å²) in [5.74, 6) is 0. The fourth-order valence-corrected chi connectivity index (χ4v) is 4.29. The lowest BCUT2D eigenvalue weighted by molar-refractivity contribution is 0.218. The molecule has 0 spiro atoms. The molecule has 0 bridgehead atoms. The molecule has 2 aromatic carbocycles. The van der Waals surface area contributed by atoms with Crippen LogP contribution in [0.3, 0.4) is 0 Å². The maximum absolute atomic E-state index is 12.7. The lowest BCUT2D eigenvalue weighted by Crippen LogP contribution is -2.26. The first-order valence-electron chi connectivity index (χ1n) is 6.09. The Morgan fingerprint density at radius 1 is 1.10 bits per heavy atom. The van der Waals surface area contributed by atoms with Crippen LogP contribution in [0.2, 0.25) is 10.0 Å². The third-order valence-electron chi connectivity index (χ3n) is 3.56. The molecule has 1 unspecified atom stereocenters. The normalized spacial score (nSPS) is 19.6. The highest BCUT2D eigenvalue weighted by molar-refractivity contribution is 7.92. The van der Waals surface area contributed by atoms with Crippen molar-refractivity contribution in [3.05, 3.63) is 57.6 Å². The van der Waals surface area contributed by atoms with Crippen LogP contribution in [0.15, 0.2) is 41.3 Å². The summed E-state index contributed by atoms with van der Waals surface area (Å²) in [7, 11) is -2.37. The predicted octanol–water partition coefficient (Wildman–Crippen LogP) is 3.21. The molecule has 0 saturated heterocycles. The van der Waals surface area contributed by atoms with E-state index in [1.165, 1.54) is 19.2 Å². The van der Waals surface area contributed by atoms with E-state index >= 15 is 0 Å². The van der Waals surface area contributed by atoms with Crippen LogP contribution in [0.25, 0.3) is 0 Å². The van der Waals surface area contributed by atoms with Crippen molar-refractivity contribution in [1.82, 2.24) is 0 Å². The molecule has 21 heavy (non-hydrogen) atoms. The number of para-hydroxylation sites is 1. The zero-order chi connectivity index (χ0) is 15.4. The molecule has 1 heterocycles. The van der Waals surface area contributed by atoms with E-state index < -0.39 is 16.1 Å². The Morgan fingerprint density at radius 3 is 2.43 bits per heavy atom. The van der Waals surface area contributed by atoms with Crippen LogP contribution in [0.5, 0.6) is 0 Å². The SMILES string of the molecule is CN1c2ccccc2C(O)c2cc(Cl)c(Cl)cc2S1(=O)=O. The van der Waals surface area contributed by atoms with Crippen molar-refractivity contribution < 1.29 is 13.5 Å². The van der Waals surface area contributed by atoms with Crippen molar-refractivity contribution in [2.45, 2.75) is 11.0 Å². The highest BCUT2D eigenvalue weighted by atomic mass is 35.5. The van der Waals surface area contributed by atoms with Gasteiger partial charge in [-0.15, -0.1) is 0 Å². The van der Waals surface area contributed by atoms with Crippen molar-refractivity contribution in [1.29, 1.82) is 0 Å². The predicted molar refractivity (Wildman–Crippen MR) is 82.6 cm³/mol. The van der Waals surface area contributed by atoms with Crippen molar-refractivity contribution in [2.24, 2.45) is 0 Å². The molecule has 1 aliphatic rings. The van der Waals surface area contributed by atoms with Gasteiger partial charge in [0, 0.05) is 18.2 Å². The van der Waals surface area contributed by atoms with Gasteiger partial charge in [0.2, 0.25) is 0 Å². The molecule has 0 aliphatic carbocycles. The molecular weight excluding hydrogens is 333 g/mol. The maximum atomic E-state index is 12.7. The number of nitrogens with zero attached hydrogens (tertiary/aromatic N) is 1. The number of anilines is 1. The summed E-state index contributed by atoms with van der Waals surface area (Å²) in [6.45, 7) is 0. The van der Waals surface area contributed by atoms with Gasteiger partial charge in [0.05, 0.1) is 20.6 Å². The molecule has 4 nitrogen and oxygen atoms in total. The number of hydrogen-bond acceptors (Lipinski definition) is 3. The Kier molecular flexibility index (Phi) is 3.41. The third kappa shape index (κ3) is 2.12. The van der Waals surface area contributed by atoms with E-state index in [0.717, 1.165) is 4.31 Å². The lowest BCUT2D eigenvalue weighted by atomic mass is 10.00. The summed E-state index contributed by atoms with van der Waals surface area (Å²) < 4.78 is 26.6. The van der Waals surface area contributed by atoms with E-state index in [1.807, 2.05) is 0 Å². The van der Waals surface area contributed by atoms with Gasteiger partial charge in [-0.3, -0.25) is 4.31 Å². The number of aliphatic hydroxyl groups excluding tert-OH is 1. The number of hydrogen-bond donors (Lipinski definition) is 1. The number of halogens is 2. The number of sulfonamides is 1. The number of fused-ring (bicyclic) bond motifs is 2. The van der Waals surface area contributed by atoms with Crippen LogP contribution in [-0.2, 0) is 10.0 Å². The molecule has 0 radical (unpaired) electrons. The monoisotopic (exact) mass is 343 g/mol. The second-order valence-electron chi connectivity index (χ2n) is 4.74. The molecule has 3 rings (SSSR count). The third-order valence-corrected chi connectivity index (χ3v) is 6.11. The van der Waals surface area contributed by atoms with E-state index in [2.05, 4.69) is 0 Å². The van der Waals surface area contributed by atoms with Crippen molar-refractivity contribution in [3.8, 4) is 0 Å². The van der Waals surface area contributed by atoms with Gasteiger partial charge < -0.3 is 5.11 Å². The molecule has 0 fully saturated rings. The fourth-order valence-electron chi connectivity index (χ4n) is 2.43. The average Bonchev–Trinajstić information content (AvgIpc) is 2.52. The van der Waals surface area contributed by atoms with Gasteiger partial charge >= 0.3 is 0 Å².